The number of anilines is 3. The van der Waals surface area contributed by atoms with E-state index in [1.165, 1.54) is 0 Å². The lowest BCUT2D eigenvalue weighted by atomic mass is 9.70. The zero-order valence-corrected chi connectivity index (χ0v) is 19.4. The van der Waals surface area contributed by atoms with E-state index in [9.17, 15) is 4.79 Å². The van der Waals surface area contributed by atoms with Gasteiger partial charge in [-0.15, -0.1) is 0 Å². The number of aromatic nitrogens is 2. The second-order valence-electron chi connectivity index (χ2n) is 9.07. The van der Waals surface area contributed by atoms with Crippen LogP contribution in [-0.2, 0) is 19.7 Å². The summed E-state index contributed by atoms with van der Waals surface area (Å²) in [6.07, 6.45) is 1.54. The first-order chi connectivity index (χ1) is 16.2. The molecule has 0 atom stereocenters. The average molecular weight is 452 g/mol. The summed E-state index contributed by atoms with van der Waals surface area (Å²) in [6.45, 7) is 9.44. The molecule has 3 aliphatic heterocycles. The number of hydrogen-bond donors (Lipinski definition) is 0. The molecule has 3 aliphatic rings. The van der Waals surface area contributed by atoms with Gasteiger partial charge in [0.2, 0.25) is 5.95 Å². The molecule has 0 spiro atoms. The van der Waals surface area contributed by atoms with Crippen molar-refractivity contribution in [3.05, 3.63) is 42.0 Å². The Morgan fingerprint density at radius 3 is 1.79 bits per heavy atom. The monoisotopic (exact) mass is 451 g/mol. The normalized spacial score (nSPS) is 21.2. The molecule has 0 N–H and O–H groups in total. The summed E-state index contributed by atoms with van der Waals surface area (Å²) in [4.78, 5) is 29.6. The number of nitrogens with zero attached hydrogens (tertiary/aromatic N) is 5. The fourth-order valence-electron chi connectivity index (χ4n) is 5.15. The molecule has 4 heterocycles. The summed E-state index contributed by atoms with van der Waals surface area (Å²) in [5.41, 5.74) is 0.696. The Morgan fingerprint density at radius 1 is 0.788 bits per heavy atom. The number of Topliss-reactive ketones (excluding diaryl/α,β-unsaturated/α-hetero) is 1. The van der Waals surface area contributed by atoms with Crippen LogP contribution in [0.4, 0.5) is 17.6 Å². The molecule has 8 nitrogen and oxygen atoms in total. The molecular formula is C25H33N5O3. The first-order valence-corrected chi connectivity index (χ1v) is 12.0. The number of carbonyl (C=O) groups is 1. The second kappa shape index (κ2) is 9.65. The second-order valence-corrected chi connectivity index (χ2v) is 9.07. The van der Waals surface area contributed by atoms with Crippen molar-refractivity contribution in [2.45, 2.75) is 25.2 Å². The highest BCUT2D eigenvalue weighted by molar-refractivity contribution is 5.88. The first-order valence-electron chi connectivity index (χ1n) is 12.0. The van der Waals surface area contributed by atoms with Crippen molar-refractivity contribution in [1.29, 1.82) is 0 Å². The fourth-order valence-corrected chi connectivity index (χ4v) is 5.15. The molecule has 1 aromatic carbocycles. The smallest absolute Gasteiger partial charge is 0.229 e. The summed E-state index contributed by atoms with van der Waals surface area (Å²) in [5, 5.41) is 0. The number of rotatable bonds is 5. The lowest BCUT2D eigenvalue weighted by molar-refractivity contribution is -0.123. The molecule has 2 aromatic rings. The van der Waals surface area contributed by atoms with Gasteiger partial charge in [0.1, 0.15) is 17.4 Å². The predicted octanol–water partition coefficient (Wildman–Crippen LogP) is 2.28. The van der Waals surface area contributed by atoms with Crippen LogP contribution in [0, 0.1) is 0 Å². The molecule has 176 valence electrons. The van der Waals surface area contributed by atoms with E-state index in [1.54, 1.807) is 6.92 Å². The van der Waals surface area contributed by atoms with Gasteiger partial charge in [0, 0.05) is 45.3 Å². The van der Waals surface area contributed by atoms with Gasteiger partial charge < -0.3 is 24.2 Å². The van der Waals surface area contributed by atoms with Gasteiger partial charge in [0.25, 0.3) is 0 Å². The van der Waals surface area contributed by atoms with Crippen LogP contribution in [0.1, 0.15) is 25.3 Å². The van der Waals surface area contributed by atoms with E-state index < -0.39 is 5.41 Å². The van der Waals surface area contributed by atoms with Crippen molar-refractivity contribution in [1.82, 2.24) is 9.97 Å². The molecule has 0 aliphatic carbocycles. The lowest BCUT2D eigenvalue weighted by Crippen LogP contribution is -2.47. The van der Waals surface area contributed by atoms with Gasteiger partial charge in [-0.25, -0.2) is 0 Å². The Bertz CT molecular complexity index is 914. The van der Waals surface area contributed by atoms with Crippen LogP contribution >= 0.6 is 0 Å². The largest absolute Gasteiger partial charge is 0.378 e. The van der Waals surface area contributed by atoms with Crippen LogP contribution in [-0.4, -0.2) is 81.4 Å². The summed E-state index contributed by atoms with van der Waals surface area (Å²) in [7, 11) is 0. The van der Waals surface area contributed by atoms with Crippen LogP contribution < -0.4 is 14.7 Å². The van der Waals surface area contributed by atoms with Gasteiger partial charge in [0.15, 0.2) is 0 Å². The predicted molar refractivity (Wildman–Crippen MR) is 128 cm³/mol. The maximum atomic E-state index is 12.8. The van der Waals surface area contributed by atoms with E-state index in [0.29, 0.717) is 26.4 Å². The van der Waals surface area contributed by atoms with E-state index >= 15 is 0 Å². The van der Waals surface area contributed by atoms with Crippen LogP contribution in [0.25, 0.3) is 0 Å². The van der Waals surface area contributed by atoms with Crippen molar-refractivity contribution in [2.24, 2.45) is 0 Å². The van der Waals surface area contributed by atoms with Crippen molar-refractivity contribution in [3.8, 4) is 0 Å². The Labute approximate surface area is 195 Å². The van der Waals surface area contributed by atoms with Gasteiger partial charge in [-0.05, 0) is 25.3 Å². The van der Waals surface area contributed by atoms with Gasteiger partial charge in [0.05, 0.1) is 31.8 Å². The van der Waals surface area contributed by atoms with Crippen LogP contribution in [0.15, 0.2) is 36.4 Å². The molecule has 0 radical (unpaired) electrons. The maximum Gasteiger partial charge on any atom is 0.229 e. The SMILES string of the molecule is CC(=O)C1(c2ccccc2)CCN(c2nc(N3CCOCC3)cc(N3CCOCC3)n2)CC1. The van der Waals surface area contributed by atoms with Gasteiger partial charge in [-0.2, -0.15) is 9.97 Å². The molecule has 8 heteroatoms. The third-order valence-corrected chi connectivity index (χ3v) is 7.26. The number of morpholine rings is 2. The highest BCUT2D eigenvalue weighted by atomic mass is 16.5. The third-order valence-electron chi connectivity index (χ3n) is 7.26. The number of ketones is 1. The summed E-state index contributed by atoms with van der Waals surface area (Å²) < 4.78 is 11.1. The molecule has 3 saturated heterocycles. The van der Waals surface area contributed by atoms with Crippen molar-refractivity contribution < 1.29 is 14.3 Å². The molecule has 33 heavy (non-hydrogen) atoms. The maximum absolute atomic E-state index is 12.8. The summed E-state index contributed by atoms with van der Waals surface area (Å²) >= 11 is 0. The van der Waals surface area contributed by atoms with E-state index in [0.717, 1.165) is 75.3 Å². The van der Waals surface area contributed by atoms with Crippen molar-refractivity contribution in [2.75, 3.05) is 80.4 Å². The van der Waals surface area contributed by atoms with Crippen LogP contribution in [0.2, 0.25) is 0 Å². The molecule has 5 rings (SSSR count). The van der Waals surface area contributed by atoms with E-state index in [4.69, 9.17) is 19.4 Å². The average Bonchev–Trinajstić information content (AvgIpc) is 2.90. The minimum atomic E-state index is -0.424. The Balaban J connectivity index is 1.42. The van der Waals surface area contributed by atoms with E-state index in [2.05, 4.69) is 32.9 Å². The zero-order chi connectivity index (χ0) is 22.7. The molecule has 0 saturated carbocycles. The first kappa shape index (κ1) is 22.1. The molecule has 3 fully saturated rings. The number of carbonyl (C=O) groups excluding carboxylic acids is 1. The number of benzene rings is 1. The number of piperidine rings is 1. The number of ether oxygens (including phenoxy) is 2. The van der Waals surface area contributed by atoms with Crippen molar-refractivity contribution >= 4 is 23.4 Å². The van der Waals surface area contributed by atoms with Gasteiger partial charge in [-0.3, -0.25) is 4.79 Å². The topological polar surface area (TPSA) is 71.0 Å². The Hall–Kier alpha value is -2.71. The summed E-state index contributed by atoms with van der Waals surface area (Å²) in [5.74, 6) is 2.91. The Kier molecular flexibility index (Phi) is 6.46. The number of hydrogen-bond acceptors (Lipinski definition) is 8. The standard InChI is InChI=1S/C25H33N5O3/c1-20(31)25(21-5-3-2-4-6-21)7-9-30(10-8-25)24-26-22(28-11-15-32-16-12-28)19-23(27-24)29-13-17-33-18-14-29/h2-6,19H,7-18H2,1H3. The quantitative estimate of drug-likeness (QED) is 0.686. The minimum absolute atomic E-state index is 0.241. The highest BCUT2D eigenvalue weighted by Crippen LogP contribution is 2.38. The minimum Gasteiger partial charge on any atom is -0.378 e. The molecule has 1 aromatic heterocycles. The fraction of sp³-hybridized carbons (Fsp3) is 0.560. The Morgan fingerprint density at radius 2 is 1.30 bits per heavy atom. The molecule has 0 amide bonds. The molecule has 0 bridgehead atoms. The third kappa shape index (κ3) is 4.54. The van der Waals surface area contributed by atoms with Gasteiger partial charge in [-0.1, -0.05) is 30.3 Å². The van der Waals surface area contributed by atoms with Crippen LogP contribution in [0.3, 0.4) is 0 Å². The highest BCUT2D eigenvalue weighted by Gasteiger charge is 2.41. The zero-order valence-electron chi connectivity index (χ0n) is 19.4. The molecule has 0 unspecified atom stereocenters. The lowest BCUT2D eigenvalue weighted by Gasteiger charge is -2.41. The van der Waals surface area contributed by atoms with E-state index in [1.807, 2.05) is 18.2 Å². The van der Waals surface area contributed by atoms with Gasteiger partial charge >= 0.3 is 0 Å². The van der Waals surface area contributed by atoms with Crippen molar-refractivity contribution in [3.63, 3.8) is 0 Å². The van der Waals surface area contributed by atoms with Crippen LogP contribution in [0.5, 0.6) is 0 Å². The molecular weight excluding hydrogens is 418 g/mol. The van der Waals surface area contributed by atoms with E-state index in [-0.39, 0.29) is 5.78 Å². The summed E-state index contributed by atoms with van der Waals surface area (Å²) in [6, 6.07) is 12.3.